The molecular formula is C15H14N2O2. The fourth-order valence-corrected chi connectivity index (χ4v) is 2.52. The Labute approximate surface area is 110 Å². The van der Waals surface area contributed by atoms with Crippen LogP contribution in [0.5, 0.6) is 0 Å². The summed E-state index contributed by atoms with van der Waals surface area (Å²) in [5.74, 6) is -0.899. The number of nitrogens with one attached hydrogen (secondary N) is 1. The van der Waals surface area contributed by atoms with Gasteiger partial charge in [0.05, 0.1) is 17.3 Å². The maximum atomic E-state index is 11.0. The molecule has 19 heavy (non-hydrogen) atoms. The number of H-pyrrole nitrogens is 1. The van der Waals surface area contributed by atoms with Crippen molar-refractivity contribution in [3.63, 3.8) is 0 Å². The third kappa shape index (κ3) is 1.85. The average Bonchev–Trinajstić information content (AvgIpc) is 2.88. The lowest BCUT2D eigenvalue weighted by molar-refractivity contribution is 0.0697. The molecule has 0 bridgehead atoms. The Hall–Kier alpha value is -2.36. The summed E-state index contributed by atoms with van der Waals surface area (Å²) in [6, 6.07) is 7.26. The van der Waals surface area contributed by atoms with Crippen molar-refractivity contribution in [3.05, 3.63) is 41.6 Å². The monoisotopic (exact) mass is 254 g/mol. The van der Waals surface area contributed by atoms with Gasteiger partial charge < -0.3 is 5.11 Å². The molecule has 0 aliphatic carbocycles. The van der Waals surface area contributed by atoms with E-state index >= 15 is 0 Å². The maximum Gasteiger partial charge on any atom is 0.335 e. The topological polar surface area (TPSA) is 66.0 Å². The summed E-state index contributed by atoms with van der Waals surface area (Å²) in [6.45, 7) is 2.13. The van der Waals surface area contributed by atoms with E-state index in [-0.39, 0.29) is 0 Å². The van der Waals surface area contributed by atoms with Crippen LogP contribution in [0, 0.1) is 0 Å². The third-order valence-corrected chi connectivity index (χ3v) is 3.40. The van der Waals surface area contributed by atoms with Crippen LogP contribution in [0.2, 0.25) is 0 Å². The lowest BCUT2D eigenvalue weighted by Crippen LogP contribution is -1.96. The number of carbonyl (C=O) groups is 1. The average molecular weight is 254 g/mol. The molecule has 2 aromatic carbocycles. The van der Waals surface area contributed by atoms with E-state index in [1.807, 2.05) is 12.3 Å². The van der Waals surface area contributed by atoms with E-state index in [1.54, 1.807) is 12.1 Å². The van der Waals surface area contributed by atoms with Gasteiger partial charge in [-0.05, 0) is 29.5 Å². The number of nitrogens with zero attached hydrogens (tertiary/aromatic N) is 1. The maximum absolute atomic E-state index is 11.0. The van der Waals surface area contributed by atoms with E-state index in [1.165, 1.54) is 5.56 Å². The molecule has 1 aromatic heterocycles. The first-order valence-corrected chi connectivity index (χ1v) is 6.32. The van der Waals surface area contributed by atoms with Crippen LogP contribution in [-0.2, 0) is 6.42 Å². The Balaban J connectivity index is 2.35. The van der Waals surface area contributed by atoms with E-state index in [4.69, 9.17) is 5.11 Å². The standard InChI is InChI=1S/C15H14N2O2/c1-2-3-9-6-11-7-10(15(18)19)4-5-12(11)14-13(9)8-16-17-14/h4-8H,2-3H2,1H3,(H,16,17)(H,18,19). The Morgan fingerprint density at radius 3 is 2.89 bits per heavy atom. The van der Waals surface area contributed by atoms with Crippen LogP contribution in [0.4, 0.5) is 0 Å². The molecule has 0 atom stereocenters. The van der Waals surface area contributed by atoms with Crippen molar-refractivity contribution < 1.29 is 9.90 Å². The number of fused-ring (bicyclic) bond motifs is 3. The van der Waals surface area contributed by atoms with Crippen molar-refractivity contribution in [3.8, 4) is 0 Å². The minimum atomic E-state index is -0.899. The highest BCUT2D eigenvalue weighted by atomic mass is 16.4. The number of aromatic carboxylic acids is 1. The second-order valence-electron chi connectivity index (χ2n) is 4.69. The first-order chi connectivity index (χ1) is 9.20. The first kappa shape index (κ1) is 11.7. The molecule has 0 unspecified atom stereocenters. The van der Waals surface area contributed by atoms with Crippen molar-refractivity contribution in [2.24, 2.45) is 0 Å². The molecule has 1 heterocycles. The van der Waals surface area contributed by atoms with Gasteiger partial charge in [-0.15, -0.1) is 0 Å². The van der Waals surface area contributed by atoms with Crippen molar-refractivity contribution in [1.29, 1.82) is 0 Å². The van der Waals surface area contributed by atoms with Crippen LogP contribution in [-0.4, -0.2) is 21.3 Å². The van der Waals surface area contributed by atoms with Gasteiger partial charge in [0.15, 0.2) is 0 Å². The molecule has 96 valence electrons. The van der Waals surface area contributed by atoms with Crippen molar-refractivity contribution in [1.82, 2.24) is 10.2 Å². The van der Waals surface area contributed by atoms with Gasteiger partial charge in [-0.1, -0.05) is 25.5 Å². The Bertz CT molecular complexity index is 774. The van der Waals surface area contributed by atoms with Crippen LogP contribution >= 0.6 is 0 Å². The Morgan fingerprint density at radius 2 is 2.16 bits per heavy atom. The predicted molar refractivity (Wildman–Crippen MR) is 74.6 cm³/mol. The largest absolute Gasteiger partial charge is 0.478 e. The quantitative estimate of drug-likeness (QED) is 0.753. The van der Waals surface area contributed by atoms with Crippen molar-refractivity contribution >= 4 is 27.6 Å². The van der Waals surface area contributed by atoms with Gasteiger partial charge in [-0.3, -0.25) is 5.10 Å². The summed E-state index contributed by atoms with van der Waals surface area (Å²) in [5.41, 5.74) is 2.51. The zero-order valence-electron chi connectivity index (χ0n) is 10.6. The van der Waals surface area contributed by atoms with Crippen molar-refractivity contribution in [2.45, 2.75) is 19.8 Å². The summed E-state index contributed by atoms with van der Waals surface area (Å²) in [5, 5.41) is 19.3. The number of aromatic nitrogens is 2. The minimum absolute atomic E-state index is 0.314. The molecule has 3 rings (SSSR count). The highest BCUT2D eigenvalue weighted by Gasteiger charge is 2.10. The van der Waals surface area contributed by atoms with Gasteiger partial charge >= 0.3 is 5.97 Å². The zero-order valence-corrected chi connectivity index (χ0v) is 10.6. The van der Waals surface area contributed by atoms with Crippen LogP contribution in [0.1, 0.15) is 29.3 Å². The van der Waals surface area contributed by atoms with Gasteiger partial charge in [0, 0.05) is 10.8 Å². The Morgan fingerprint density at radius 1 is 1.32 bits per heavy atom. The Kier molecular flexibility index (Phi) is 2.71. The van der Waals surface area contributed by atoms with E-state index < -0.39 is 5.97 Å². The molecule has 0 radical (unpaired) electrons. The van der Waals surface area contributed by atoms with E-state index in [0.717, 1.165) is 34.5 Å². The molecule has 0 saturated heterocycles. The lowest BCUT2D eigenvalue weighted by atomic mass is 9.98. The van der Waals surface area contributed by atoms with Crippen LogP contribution in [0.25, 0.3) is 21.7 Å². The van der Waals surface area contributed by atoms with E-state index in [0.29, 0.717) is 5.56 Å². The van der Waals surface area contributed by atoms with Crippen LogP contribution < -0.4 is 0 Å². The normalized spacial score (nSPS) is 11.2. The summed E-state index contributed by atoms with van der Waals surface area (Å²) in [4.78, 5) is 11.0. The first-order valence-electron chi connectivity index (χ1n) is 6.32. The predicted octanol–water partition coefficient (Wildman–Crippen LogP) is 3.37. The molecule has 0 aliphatic rings. The highest BCUT2D eigenvalue weighted by Crippen LogP contribution is 2.28. The minimum Gasteiger partial charge on any atom is -0.478 e. The number of hydrogen-bond donors (Lipinski definition) is 2. The fraction of sp³-hybridized carbons (Fsp3) is 0.200. The zero-order chi connectivity index (χ0) is 13.4. The number of carboxylic acid groups (broad SMARTS) is 1. The second-order valence-corrected chi connectivity index (χ2v) is 4.69. The van der Waals surface area contributed by atoms with Crippen LogP contribution in [0.3, 0.4) is 0 Å². The number of carboxylic acids is 1. The second kappa shape index (κ2) is 4.39. The smallest absolute Gasteiger partial charge is 0.335 e. The molecule has 0 fully saturated rings. The fourth-order valence-electron chi connectivity index (χ4n) is 2.52. The number of aromatic amines is 1. The van der Waals surface area contributed by atoms with Gasteiger partial charge in [-0.2, -0.15) is 5.10 Å². The van der Waals surface area contributed by atoms with Gasteiger partial charge in [0.1, 0.15) is 0 Å². The number of rotatable bonds is 3. The molecule has 4 nitrogen and oxygen atoms in total. The van der Waals surface area contributed by atoms with Crippen molar-refractivity contribution in [2.75, 3.05) is 0 Å². The highest BCUT2D eigenvalue weighted by molar-refractivity contribution is 6.08. The molecule has 0 spiro atoms. The number of hydrogen-bond acceptors (Lipinski definition) is 2. The number of benzene rings is 2. The molecule has 0 amide bonds. The van der Waals surface area contributed by atoms with Gasteiger partial charge in [0.2, 0.25) is 0 Å². The molecular weight excluding hydrogens is 240 g/mol. The van der Waals surface area contributed by atoms with Gasteiger partial charge in [-0.25, -0.2) is 4.79 Å². The molecule has 3 aromatic rings. The van der Waals surface area contributed by atoms with E-state index in [2.05, 4.69) is 23.2 Å². The van der Waals surface area contributed by atoms with E-state index in [9.17, 15) is 4.79 Å². The molecule has 0 aliphatic heterocycles. The summed E-state index contributed by atoms with van der Waals surface area (Å²) in [6.07, 6.45) is 3.85. The summed E-state index contributed by atoms with van der Waals surface area (Å²) < 4.78 is 0. The SMILES string of the molecule is CCCc1cc2cc(C(=O)O)ccc2c2[nH]ncc12. The lowest BCUT2D eigenvalue weighted by Gasteiger charge is -2.06. The molecule has 0 saturated carbocycles. The van der Waals surface area contributed by atoms with Gasteiger partial charge in [0.25, 0.3) is 0 Å². The summed E-state index contributed by atoms with van der Waals surface area (Å²) >= 11 is 0. The number of aryl methyl sites for hydroxylation is 1. The summed E-state index contributed by atoms with van der Waals surface area (Å²) in [7, 11) is 0. The molecule has 4 heteroatoms. The third-order valence-electron chi connectivity index (χ3n) is 3.40. The van der Waals surface area contributed by atoms with Crippen LogP contribution in [0.15, 0.2) is 30.5 Å². The molecule has 2 N–H and O–H groups in total.